The Bertz CT molecular complexity index is 490. The van der Waals surface area contributed by atoms with Gasteiger partial charge in [-0.05, 0) is 49.8 Å². The van der Waals surface area contributed by atoms with E-state index in [-0.39, 0.29) is 11.5 Å². The number of halogens is 1. The third-order valence-corrected chi connectivity index (χ3v) is 4.88. The minimum atomic E-state index is 0.0595. The fourth-order valence-corrected chi connectivity index (χ4v) is 3.27. The minimum Gasteiger partial charge on any atom is -0.496 e. The summed E-state index contributed by atoms with van der Waals surface area (Å²) >= 11 is 6.43. The van der Waals surface area contributed by atoms with Crippen molar-refractivity contribution in [2.45, 2.75) is 57.9 Å². The standard InChI is InChI=1S/C16H24ClNO/c1-9(2)12-8-13(17)10(3)14(15(12)19-5)16(6-7-16)11(4)18/h8-9,11H,6-7,18H2,1-5H3. The Morgan fingerprint density at radius 2 is 1.89 bits per heavy atom. The van der Waals surface area contributed by atoms with Gasteiger partial charge >= 0.3 is 0 Å². The molecule has 1 aliphatic rings. The Morgan fingerprint density at radius 3 is 2.26 bits per heavy atom. The van der Waals surface area contributed by atoms with E-state index in [0.717, 1.165) is 29.2 Å². The third-order valence-electron chi connectivity index (χ3n) is 4.49. The minimum absolute atomic E-state index is 0.0595. The molecular formula is C16H24ClNO. The maximum Gasteiger partial charge on any atom is 0.126 e. The SMILES string of the molecule is COc1c(C(C)C)cc(Cl)c(C)c1C1(C(C)N)CC1. The van der Waals surface area contributed by atoms with Gasteiger partial charge in [-0.2, -0.15) is 0 Å². The van der Waals surface area contributed by atoms with Crippen LogP contribution in [0.2, 0.25) is 5.02 Å². The molecule has 0 aliphatic heterocycles. The molecular weight excluding hydrogens is 258 g/mol. The molecule has 2 N–H and O–H groups in total. The van der Waals surface area contributed by atoms with Crippen LogP contribution in [-0.2, 0) is 5.41 Å². The van der Waals surface area contributed by atoms with E-state index in [0.29, 0.717) is 5.92 Å². The van der Waals surface area contributed by atoms with Crippen molar-refractivity contribution >= 4 is 11.6 Å². The van der Waals surface area contributed by atoms with E-state index < -0.39 is 0 Å². The smallest absolute Gasteiger partial charge is 0.126 e. The van der Waals surface area contributed by atoms with Gasteiger partial charge in [0.05, 0.1) is 7.11 Å². The van der Waals surface area contributed by atoms with Gasteiger partial charge in [-0.15, -0.1) is 0 Å². The van der Waals surface area contributed by atoms with E-state index >= 15 is 0 Å². The number of hydrogen-bond donors (Lipinski definition) is 1. The lowest BCUT2D eigenvalue weighted by Gasteiger charge is -2.28. The normalized spacial score (nSPS) is 18.5. The van der Waals surface area contributed by atoms with Gasteiger partial charge in [0, 0.05) is 22.0 Å². The molecule has 2 nitrogen and oxygen atoms in total. The highest BCUT2D eigenvalue weighted by atomic mass is 35.5. The van der Waals surface area contributed by atoms with E-state index in [4.69, 9.17) is 22.1 Å². The van der Waals surface area contributed by atoms with Crippen molar-refractivity contribution in [3.05, 3.63) is 27.8 Å². The maximum atomic E-state index is 6.43. The number of hydrogen-bond acceptors (Lipinski definition) is 2. The number of methoxy groups -OCH3 is 1. The number of rotatable bonds is 4. The first-order chi connectivity index (χ1) is 8.85. The van der Waals surface area contributed by atoms with Gasteiger partial charge in [0.15, 0.2) is 0 Å². The maximum absolute atomic E-state index is 6.43. The van der Waals surface area contributed by atoms with Crippen molar-refractivity contribution < 1.29 is 4.74 Å². The first-order valence-electron chi connectivity index (χ1n) is 6.98. The zero-order chi connectivity index (χ0) is 14.4. The molecule has 0 saturated heterocycles. The Morgan fingerprint density at radius 1 is 1.32 bits per heavy atom. The zero-order valence-corrected chi connectivity index (χ0v) is 13.3. The molecule has 0 amide bonds. The van der Waals surface area contributed by atoms with E-state index in [2.05, 4.69) is 27.7 Å². The van der Waals surface area contributed by atoms with Gasteiger partial charge in [0.1, 0.15) is 5.75 Å². The fourth-order valence-electron chi connectivity index (χ4n) is 3.06. The molecule has 0 aromatic heterocycles. The summed E-state index contributed by atoms with van der Waals surface area (Å²) in [6.07, 6.45) is 2.25. The highest BCUT2D eigenvalue weighted by molar-refractivity contribution is 6.31. The number of benzene rings is 1. The summed E-state index contributed by atoms with van der Waals surface area (Å²) < 4.78 is 5.74. The van der Waals surface area contributed by atoms with Crippen LogP contribution in [0.4, 0.5) is 0 Å². The lowest BCUT2D eigenvalue weighted by atomic mass is 9.83. The summed E-state index contributed by atoms with van der Waals surface area (Å²) in [5, 5.41) is 0.825. The molecule has 2 rings (SSSR count). The number of ether oxygens (including phenoxy) is 1. The Hall–Kier alpha value is -0.730. The van der Waals surface area contributed by atoms with Crippen molar-refractivity contribution in [3.63, 3.8) is 0 Å². The average Bonchev–Trinajstić information content (AvgIpc) is 3.12. The monoisotopic (exact) mass is 281 g/mol. The molecule has 0 spiro atoms. The fraction of sp³-hybridized carbons (Fsp3) is 0.625. The second-order valence-electron chi connectivity index (χ2n) is 6.08. The van der Waals surface area contributed by atoms with E-state index in [1.54, 1.807) is 7.11 Å². The lowest BCUT2D eigenvalue weighted by Crippen LogP contribution is -2.33. The van der Waals surface area contributed by atoms with Crippen LogP contribution in [0.3, 0.4) is 0 Å². The van der Waals surface area contributed by atoms with Crippen LogP contribution in [-0.4, -0.2) is 13.2 Å². The molecule has 106 valence electrons. The molecule has 0 bridgehead atoms. The summed E-state index contributed by atoms with van der Waals surface area (Å²) in [4.78, 5) is 0. The van der Waals surface area contributed by atoms with Gasteiger partial charge in [0.25, 0.3) is 0 Å². The summed E-state index contributed by atoms with van der Waals surface area (Å²) in [5.74, 6) is 1.38. The second kappa shape index (κ2) is 4.99. The van der Waals surface area contributed by atoms with Crippen molar-refractivity contribution in [3.8, 4) is 5.75 Å². The van der Waals surface area contributed by atoms with Crippen LogP contribution in [0.5, 0.6) is 5.75 Å². The number of nitrogens with two attached hydrogens (primary N) is 1. The molecule has 1 fully saturated rings. The van der Waals surface area contributed by atoms with E-state index in [9.17, 15) is 0 Å². The molecule has 1 saturated carbocycles. The second-order valence-corrected chi connectivity index (χ2v) is 6.49. The summed E-state index contributed by atoms with van der Waals surface area (Å²) in [6, 6.07) is 2.17. The predicted octanol–water partition coefficient (Wildman–Crippen LogP) is 4.16. The molecule has 0 radical (unpaired) electrons. The summed E-state index contributed by atoms with van der Waals surface area (Å²) in [5.41, 5.74) is 9.83. The third kappa shape index (κ3) is 2.25. The van der Waals surface area contributed by atoms with Crippen LogP contribution in [0.15, 0.2) is 6.07 Å². The highest BCUT2D eigenvalue weighted by Crippen LogP contribution is 2.56. The molecule has 0 heterocycles. The highest BCUT2D eigenvalue weighted by Gasteiger charge is 2.50. The van der Waals surface area contributed by atoms with Crippen LogP contribution in [0, 0.1) is 6.92 Å². The first kappa shape index (κ1) is 14.7. The summed E-state index contributed by atoms with van der Waals surface area (Å²) in [6.45, 7) is 8.49. The quantitative estimate of drug-likeness (QED) is 0.899. The van der Waals surface area contributed by atoms with Crippen molar-refractivity contribution in [1.82, 2.24) is 0 Å². The molecule has 1 unspecified atom stereocenters. The van der Waals surface area contributed by atoms with Gasteiger partial charge in [0.2, 0.25) is 0 Å². The van der Waals surface area contributed by atoms with Crippen LogP contribution in [0.1, 0.15) is 56.2 Å². The average molecular weight is 282 g/mol. The van der Waals surface area contributed by atoms with Gasteiger partial charge < -0.3 is 10.5 Å². The molecule has 1 aliphatic carbocycles. The zero-order valence-electron chi connectivity index (χ0n) is 12.5. The molecule has 1 aromatic rings. The Balaban J connectivity index is 2.71. The molecule has 1 aromatic carbocycles. The first-order valence-corrected chi connectivity index (χ1v) is 7.36. The van der Waals surface area contributed by atoms with Gasteiger partial charge in [-0.1, -0.05) is 25.4 Å². The van der Waals surface area contributed by atoms with E-state index in [1.807, 2.05) is 6.07 Å². The predicted molar refractivity (Wildman–Crippen MR) is 81.4 cm³/mol. The molecule has 19 heavy (non-hydrogen) atoms. The Labute approximate surface area is 121 Å². The largest absolute Gasteiger partial charge is 0.496 e. The topological polar surface area (TPSA) is 35.2 Å². The van der Waals surface area contributed by atoms with Crippen LogP contribution >= 0.6 is 11.6 Å². The molecule has 3 heteroatoms. The van der Waals surface area contributed by atoms with Crippen LogP contribution < -0.4 is 10.5 Å². The van der Waals surface area contributed by atoms with Gasteiger partial charge in [-0.25, -0.2) is 0 Å². The van der Waals surface area contributed by atoms with Crippen LogP contribution in [0.25, 0.3) is 0 Å². The van der Waals surface area contributed by atoms with Crippen molar-refractivity contribution in [2.75, 3.05) is 7.11 Å². The lowest BCUT2D eigenvalue weighted by molar-refractivity contribution is 0.390. The Kier molecular flexibility index (Phi) is 3.85. The summed E-state index contributed by atoms with van der Waals surface area (Å²) in [7, 11) is 1.75. The van der Waals surface area contributed by atoms with Crippen molar-refractivity contribution in [1.29, 1.82) is 0 Å². The molecule has 1 atom stereocenters. The van der Waals surface area contributed by atoms with Gasteiger partial charge in [-0.3, -0.25) is 0 Å². The van der Waals surface area contributed by atoms with E-state index in [1.165, 1.54) is 11.1 Å². The van der Waals surface area contributed by atoms with Crippen molar-refractivity contribution in [2.24, 2.45) is 5.73 Å².